The van der Waals surface area contributed by atoms with E-state index in [-0.39, 0.29) is 16.8 Å². The molecule has 0 aromatic carbocycles. The second kappa shape index (κ2) is 5.88. The van der Waals surface area contributed by atoms with Gasteiger partial charge in [0.1, 0.15) is 0 Å². The van der Waals surface area contributed by atoms with Gasteiger partial charge in [-0.2, -0.15) is 4.31 Å². The third-order valence-corrected chi connectivity index (χ3v) is 5.65. The number of pyridine rings is 1. The Morgan fingerprint density at radius 3 is 2.47 bits per heavy atom. The van der Waals surface area contributed by atoms with E-state index >= 15 is 0 Å². The predicted molar refractivity (Wildman–Crippen MR) is 75.1 cm³/mol. The van der Waals surface area contributed by atoms with Crippen LogP contribution in [0.4, 0.5) is 5.69 Å². The molecule has 2 N–H and O–H groups in total. The van der Waals surface area contributed by atoms with Gasteiger partial charge in [0.15, 0.2) is 5.03 Å². The first-order valence-electron chi connectivity index (χ1n) is 6.72. The van der Waals surface area contributed by atoms with Gasteiger partial charge in [0.25, 0.3) is 10.0 Å². The molecule has 0 unspecified atom stereocenters. The zero-order valence-corrected chi connectivity index (χ0v) is 12.1. The highest BCUT2D eigenvalue weighted by Gasteiger charge is 2.30. The summed E-state index contributed by atoms with van der Waals surface area (Å²) in [5.41, 5.74) is 5.95. The standard InChI is InChI=1S/C13H21N3O2S/c1-16(11-7-4-2-3-5-8-11)19(17,18)13-12(14)9-6-10-15-13/h6,9-11H,2-5,7-8,14H2,1H3. The molecule has 1 heterocycles. The molecule has 0 aliphatic heterocycles. The van der Waals surface area contributed by atoms with Gasteiger partial charge in [0.2, 0.25) is 0 Å². The fraction of sp³-hybridized carbons (Fsp3) is 0.615. The summed E-state index contributed by atoms with van der Waals surface area (Å²) in [4.78, 5) is 3.93. The normalized spacial score (nSPS) is 18.4. The second-order valence-corrected chi connectivity index (χ2v) is 6.98. The Kier molecular flexibility index (Phi) is 4.42. The zero-order valence-electron chi connectivity index (χ0n) is 11.2. The summed E-state index contributed by atoms with van der Waals surface area (Å²) in [5.74, 6) is 0. The van der Waals surface area contributed by atoms with Crippen molar-refractivity contribution in [1.82, 2.24) is 9.29 Å². The van der Waals surface area contributed by atoms with E-state index < -0.39 is 10.0 Å². The van der Waals surface area contributed by atoms with Crippen LogP contribution in [0, 0.1) is 0 Å². The fourth-order valence-corrected chi connectivity index (χ4v) is 4.01. The molecule has 2 rings (SSSR count). The average Bonchev–Trinajstić information content (AvgIpc) is 2.67. The number of nitrogen functional groups attached to an aromatic ring is 1. The molecule has 1 aromatic rings. The molecule has 0 bridgehead atoms. The molecule has 106 valence electrons. The largest absolute Gasteiger partial charge is 0.396 e. The molecule has 0 atom stereocenters. The Hall–Kier alpha value is -1.14. The molecule has 1 saturated carbocycles. The lowest BCUT2D eigenvalue weighted by Crippen LogP contribution is -2.37. The van der Waals surface area contributed by atoms with Gasteiger partial charge >= 0.3 is 0 Å². The smallest absolute Gasteiger partial charge is 0.262 e. The first kappa shape index (κ1) is 14.3. The Morgan fingerprint density at radius 2 is 1.89 bits per heavy atom. The van der Waals surface area contributed by atoms with Crippen molar-refractivity contribution in [2.75, 3.05) is 12.8 Å². The minimum Gasteiger partial charge on any atom is -0.396 e. The molecule has 1 aromatic heterocycles. The van der Waals surface area contributed by atoms with Crippen molar-refractivity contribution in [3.63, 3.8) is 0 Å². The van der Waals surface area contributed by atoms with Crippen molar-refractivity contribution in [2.45, 2.75) is 49.6 Å². The first-order chi connectivity index (χ1) is 9.03. The Labute approximate surface area is 114 Å². The molecule has 0 spiro atoms. The minimum atomic E-state index is -3.59. The lowest BCUT2D eigenvalue weighted by atomic mass is 10.1. The summed E-state index contributed by atoms with van der Waals surface area (Å²) in [6.45, 7) is 0. The van der Waals surface area contributed by atoms with Crippen LogP contribution >= 0.6 is 0 Å². The summed E-state index contributed by atoms with van der Waals surface area (Å²) in [6.07, 6.45) is 7.85. The SMILES string of the molecule is CN(C1CCCCCC1)S(=O)(=O)c1ncccc1N. The van der Waals surface area contributed by atoms with Gasteiger partial charge in [-0.15, -0.1) is 0 Å². The third kappa shape index (κ3) is 3.06. The second-order valence-electron chi connectivity index (χ2n) is 5.06. The van der Waals surface area contributed by atoms with E-state index in [1.165, 1.54) is 23.3 Å². The van der Waals surface area contributed by atoms with Crippen molar-refractivity contribution >= 4 is 15.7 Å². The van der Waals surface area contributed by atoms with Gasteiger partial charge in [-0.1, -0.05) is 25.7 Å². The van der Waals surface area contributed by atoms with E-state index in [9.17, 15) is 8.42 Å². The van der Waals surface area contributed by atoms with Gasteiger partial charge in [0.05, 0.1) is 5.69 Å². The van der Waals surface area contributed by atoms with Gasteiger partial charge < -0.3 is 5.73 Å². The van der Waals surface area contributed by atoms with Crippen LogP contribution in [0.25, 0.3) is 0 Å². The molecular formula is C13H21N3O2S. The Balaban J connectivity index is 2.26. The van der Waals surface area contributed by atoms with Crippen molar-refractivity contribution in [3.8, 4) is 0 Å². The number of aromatic nitrogens is 1. The molecule has 1 fully saturated rings. The highest BCUT2D eigenvalue weighted by atomic mass is 32.2. The van der Waals surface area contributed by atoms with Crippen LogP contribution in [-0.4, -0.2) is 30.8 Å². The Morgan fingerprint density at radius 1 is 1.26 bits per heavy atom. The lowest BCUT2D eigenvalue weighted by molar-refractivity contribution is 0.335. The number of rotatable bonds is 3. The van der Waals surface area contributed by atoms with Crippen molar-refractivity contribution in [2.24, 2.45) is 0 Å². The van der Waals surface area contributed by atoms with Crippen LogP contribution in [0.3, 0.4) is 0 Å². The lowest BCUT2D eigenvalue weighted by Gasteiger charge is -2.26. The minimum absolute atomic E-state index is 0.0262. The molecule has 6 heteroatoms. The van der Waals surface area contributed by atoms with Crippen LogP contribution < -0.4 is 5.73 Å². The molecule has 1 aliphatic carbocycles. The maximum Gasteiger partial charge on any atom is 0.262 e. The third-order valence-electron chi connectivity index (χ3n) is 3.76. The van der Waals surface area contributed by atoms with Crippen LogP contribution in [0.1, 0.15) is 38.5 Å². The van der Waals surface area contributed by atoms with Crippen molar-refractivity contribution < 1.29 is 8.42 Å². The van der Waals surface area contributed by atoms with Crippen LogP contribution in [-0.2, 0) is 10.0 Å². The van der Waals surface area contributed by atoms with E-state index in [0.29, 0.717) is 0 Å². The molecule has 19 heavy (non-hydrogen) atoms. The van der Waals surface area contributed by atoms with Crippen LogP contribution in [0.5, 0.6) is 0 Å². The van der Waals surface area contributed by atoms with Crippen LogP contribution in [0.15, 0.2) is 23.4 Å². The van der Waals surface area contributed by atoms with Crippen molar-refractivity contribution in [3.05, 3.63) is 18.3 Å². The maximum absolute atomic E-state index is 12.5. The molecule has 0 radical (unpaired) electrons. The van der Waals surface area contributed by atoms with Gasteiger partial charge in [-0.3, -0.25) is 0 Å². The topological polar surface area (TPSA) is 76.3 Å². The maximum atomic E-state index is 12.5. The van der Waals surface area contributed by atoms with Gasteiger partial charge in [-0.05, 0) is 25.0 Å². The van der Waals surface area contributed by atoms with E-state index in [4.69, 9.17) is 5.73 Å². The van der Waals surface area contributed by atoms with Crippen molar-refractivity contribution in [1.29, 1.82) is 0 Å². The van der Waals surface area contributed by atoms with E-state index in [1.807, 2.05) is 0 Å². The predicted octanol–water partition coefficient (Wildman–Crippen LogP) is 2.01. The number of hydrogen-bond acceptors (Lipinski definition) is 4. The monoisotopic (exact) mass is 283 g/mol. The molecule has 0 saturated heterocycles. The average molecular weight is 283 g/mol. The summed E-state index contributed by atoms with van der Waals surface area (Å²) in [6, 6.07) is 3.27. The highest BCUT2D eigenvalue weighted by molar-refractivity contribution is 7.89. The molecule has 0 amide bonds. The summed E-state index contributed by atoms with van der Waals surface area (Å²) < 4.78 is 26.6. The number of hydrogen-bond donors (Lipinski definition) is 1. The molecule has 5 nitrogen and oxygen atoms in total. The van der Waals surface area contributed by atoms with E-state index in [2.05, 4.69) is 4.98 Å². The molecular weight excluding hydrogens is 262 g/mol. The number of nitrogens with zero attached hydrogens (tertiary/aromatic N) is 2. The first-order valence-corrected chi connectivity index (χ1v) is 8.16. The fourth-order valence-electron chi connectivity index (χ4n) is 2.57. The van der Waals surface area contributed by atoms with E-state index in [1.54, 1.807) is 19.2 Å². The van der Waals surface area contributed by atoms with Gasteiger partial charge in [-0.25, -0.2) is 13.4 Å². The van der Waals surface area contributed by atoms with E-state index in [0.717, 1.165) is 25.7 Å². The summed E-state index contributed by atoms with van der Waals surface area (Å²) in [7, 11) is -1.95. The molecule has 1 aliphatic rings. The number of anilines is 1. The van der Waals surface area contributed by atoms with Gasteiger partial charge in [0, 0.05) is 19.3 Å². The summed E-state index contributed by atoms with van der Waals surface area (Å²) in [5, 5.41) is -0.0262. The number of sulfonamides is 1. The quantitative estimate of drug-likeness (QED) is 0.861. The summed E-state index contributed by atoms with van der Waals surface area (Å²) >= 11 is 0. The zero-order chi connectivity index (χ0) is 13.9. The number of nitrogens with two attached hydrogens (primary N) is 1. The Bertz CT molecular complexity index is 522. The van der Waals surface area contributed by atoms with Crippen LogP contribution in [0.2, 0.25) is 0 Å². The highest BCUT2D eigenvalue weighted by Crippen LogP contribution is 2.26.